The number of fused-ring (bicyclic) bond motifs is 1. The van der Waals surface area contributed by atoms with Crippen LogP contribution in [0, 0.1) is 0 Å². The first-order chi connectivity index (χ1) is 9.16. The molecule has 5 heteroatoms. The van der Waals surface area contributed by atoms with E-state index in [0.717, 1.165) is 16.6 Å². The summed E-state index contributed by atoms with van der Waals surface area (Å²) in [4.78, 5) is 8.12. The van der Waals surface area contributed by atoms with E-state index < -0.39 is 0 Å². The van der Waals surface area contributed by atoms with Crippen LogP contribution in [0.1, 0.15) is 25.3 Å². The van der Waals surface area contributed by atoms with Gasteiger partial charge in [0.25, 0.3) is 0 Å². The summed E-state index contributed by atoms with van der Waals surface area (Å²) in [6.45, 7) is 4.35. The van der Waals surface area contributed by atoms with E-state index >= 15 is 0 Å². The second-order valence-corrected chi connectivity index (χ2v) is 4.83. The molecule has 3 N–H and O–H groups in total. The average Bonchev–Trinajstić information content (AvgIpc) is 2.84. The summed E-state index contributed by atoms with van der Waals surface area (Å²) in [6.07, 6.45) is 1.42. The largest absolute Gasteiger partial charge is 0.383 e. The van der Waals surface area contributed by atoms with Crippen molar-refractivity contribution in [1.82, 2.24) is 20.2 Å². The van der Waals surface area contributed by atoms with Gasteiger partial charge >= 0.3 is 0 Å². The van der Waals surface area contributed by atoms with Gasteiger partial charge in [-0.05, 0) is 11.5 Å². The normalized spacial score (nSPS) is 11.3. The molecule has 2 aromatic heterocycles. The second kappa shape index (κ2) is 4.35. The lowest BCUT2D eigenvalue weighted by molar-refractivity contribution is 0.867. The van der Waals surface area contributed by atoms with Crippen LogP contribution in [0.25, 0.3) is 22.3 Å². The van der Waals surface area contributed by atoms with Gasteiger partial charge in [0.1, 0.15) is 12.1 Å². The van der Waals surface area contributed by atoms with Crippen molar-refractivity contribution >= 4 is 16.9 Å². The van der Waals surface area contributed by atoms with E-state index in [1.807, 2.05) is 0 Å². The number of hydrogen-bond acceptors (Lipinski definition) is 4. The highest BCUT2D eigenvalue weighted by atomic mass is 15.2. The van der Waals surface area contributed by atoms with E-state index in [9.17, 15) is 0 Å². The van der Waals surface area contributed by atoms with Crippen LogP contribution >= 0.6 is 0 Å². The standard InChI is InChI=1S/C14H15N5/c1-8(2)9-3-5-10(6-4-9)12-11-13(15)16-7-17-14(11)19-18-12/h3-8H,1-2H3,(H3,15,16,17,18,19). The molecule has 3 rings (SSSR count). The van der Waals surface area contributed by atoms with Crippen molar-refractivity contribution in [1.29, 1.82) is 0 Å². The lowest BCUT2D eigenvalue weighted by atomic mass is 10.0. The minimum Gasteiger partial charge on any atom is -0.383 e. The number of anilines is 1. The summed E-state index contributed by atoms with van der Waals surface area (Å²) in [7, 11) is 0. The SMILES string of the molecule is CC(C)c1ccc(-c2[nH]nc3ncnc(N)c23)cc1. The molecule has 0 atom stereocenters. The highest BCUT2D eigenvalue weighted by molar-refractivity contribution is 5.97. The van der Waals surface area contributed by atoms with E-state index in [1.165, 1.54) is 11.9 Å². The molecule has 2 heterocycles. The number of nitrogens with one attached hydrogen (secondary N) is 1. The van der Waals surface area contributed by atoms with Crippen LogP contribution in [0.15, 0.2) is 30.6 Å². The predicted octanol–water partition coefficient (Wildman–Crippen LogP) is 2.73. The molecule has 0 spiro atoms. The Morgan fingerprint density at radius 2 is 1.84 bits per heavy atom. The Labute approximate surface area is 110 Å². The van der Waals surface area contributed by atoms with Crippen LogP contribution in [0.5, 0.6) is 0 Å². The van der Waals surface area contributed by atoms with E-state index in [1.54, 1.807) is 0 Å². The zero-order valence-corrected chi connectivity index (χ0v) is 10.9. The lowest BCUT2D eigenvalue weighted by Crippen LogP contribution is -1.93. The average molecular weight is 253 g/mol. The van der Waals surface area contributed by atoms with Gasteiger partial charge < -0.3 is 5.73 Å². The quantitative estimate of drug-likeness (QED) is 0.735. The van der Waals surface area contributed by atoms with Crippen LogP contribution in [0.2, 0.25) is 0 Å². The molecule has 0 aliphatic carbocycles. The van der Waals surface area contributed by atoms with Gasteiger partial charge in [-0.3, -0.25) is 5.10 Å². The van der Waals surface area contributed by atoms with Crippen molar-refractivity contribution in [2.45, 2.75) is 19.8 Å². The fourth-order valence-electron chi connectivity index (χ4n) is 2.12. The molecule has 0 amide bonds. The minimum atomic E-state index is 0.446. The first-order valence-electron chi connectivity index (χ1n) is 6.21. The van der Waals surface area contributed by atoms with Crippen LogP contribution in [0.4, 0.5) is 5.82 Å². The number of hydrogen-bond donors (Lipinski definition) is 2. The maximum absolute atomic E-state index is 5.91. The molecule has 0 fully saturated rings. The Bertz CT molecular complexity index is 712. The van der Waals surface area contributed by atoms with Gasteiger partial charge in [0.05, 0.1) is 11.1 Å². The number of nitrogens with zero attached hydrogens (tertiary/aromatic N) is 3. The van der Waals surface area contributed by atoms with Gasteiger partial charge in [0.2, 0.25) is 0 Å². The van der Waals surface area contributed by atoms with Crippen molar-refractivity contribution in [2.24, 2.45) is 0 Å². The summed E-state index contributed by atoms with van der Waals surface area (Å²) in [6, 6.07) is 8.36. The molecule has 96 valence electrons. The molecule has 0 saturated carbocycles. The third-order valence-corrected chi connectivity index (χ3v) is 3.25. The van der Waals surface area contributed by atoms with Gasteiger partial charge in [-0.15, -0.1) is 0 Å². The van der Waals surface area contributed by atoms with Gasteiger partial charge in [-0.25, -0.2) is 9.97 Å². The maximum Gasteiger partial charge on any atom is 0.186 e. The molecule has 0 saturated heterocycles. The zero-order chi connectivity index (χ0) is 13.4. The van der Waals surface area contributed by atoms with Crippen LogP contribution in [0.3, 0.4) is 0 Å². The first kappa shape index (κ1) is 11.6. The number of aromatic amines is 1. The molecular formula is C14H15N5. The third kappa shape index (κ3) is 1.93. The van der Waals surface area contributed by atoms with Gasteiger partial charge in [-0.1, -0.05) is 38.1 Å². The molecule has 3 aromatic rings. The summed E-state index contributed by atoms with van der Waals surface area (Å²) in [5.41, 5.74) is 9.70. The highest BCUT2D eigenvalue weighted by Gasteiger charge is 2.12. The van der Waals surface area contributed by atoms with Crippen molar-refractivity contribution in [3.8, 4) is 11.3 Å². The van der Waals surface area contributed by atoms with Crippen molar-refractivity contribution in [3.63, 3.8) is 0 Å². The Kier molecular flexibility index (Phi) is 2.67. The Morgan fingerprint density at radius 3 is 2.53 bits per heavy atom. The maximum atomic E-state index is 5.91. The first-order valence-corrected chi connectivity index (χ1v) is 6.21. The molecule has 1 aromatic carbocycles. The van der Waals surface area contributed by atoms with Gasteiger partial charge in [0.15, 0.2) is 5.65 Å². The monoisotopic (exact) mass is 253 g/mol. The van der Waals surface area contributed by atoms with Crippen molar-refractivity contribution in [2.75, 3.05) is 5.73 Å². The second-order valence-electron chi connectivity index (χ2n) is 4.83. The van der Waals surface area contributed by atoms with Crippen LogP contribution in [-0.2, 0) is 0 Å². The predicted molar refractivity (Wildman–Crippen MR) is 75.6 cm³/mol. The summed E-state index contributed by atoms with van der Waals surface area (Å²) in [5, 5.41) is 7.92. The number of benzene rings is 1. The summed E-state index contributed by atoms with van der Waals surface area (Å²) < 4.78 is 0. The van der Waals surface area contributed by atoms with Crippen LogP contribution < -0.4 is 5.73 Å². The number of nitrogens with two attached hydrogens (primary N) is 1. The summed E-state index contributed by atoms with van der Waals surface area (Å²) >= 11 is 0. The molecular weight excluding hydrogens is 238 g/mol. The molecule has 0 unspecified atom stereocenters. The zero-order valence-electron chi connectivity index (χ0n) is 10.9. The minimum absolute atomic E-state index is 0.446. The fourth-order valence-corrected chi connectivity index (χ4v) is 2.12. The molecule has 0 radical (unpaired) electrons. The van der Waals surface area contributed by atoms with E-state index in [-0.39, 0.29) is 0 Å². The molecule has 0 aliphatic rings. The Morgan fingerprint density at radius 1 is 1.11 bits per heavy atom. The molecule has 19 heavy (non-hydrogen) atoms. The smallest absolute Gasteiger partial charge is 0.186 e. The van der Waals surface area contributed by atoms with Crippen molar-refractivity contribution in [3.05, 3.63) is 36.2 Å². The number of H-pyrrole nitrogens is 1. The van der Waals surface area contributed by atoms with Crippen LogP contribution in [-0.4, -0.2) is 20.2 Å². The van der Waals surface area contributed by atoms with E-state index in [4.69, 9.17) is 5.73 Å². The van der Waals surface area contributed by atoms with E-state index in [2.05, 4.69) is 58.3 Å². The molecule has 0 aliphatic heterocycles. The summed E-state index contributed by atoms with van der Waals surface area (Å²) in [5.74, 6) is 0.961. The lowest BCUT2D eigenvalue weighted by Gasteiger charge is -2.06. The Hall–Kier alpha value is -2.43. The number of rotatable bonds is 2. The Balaban J connectivity index is 2.14. The number of nitrogen functional groups attached to an aromatic ring is 1. The van der Waals surface area contributed by atoms with Crippen molar-refractivity contribution < 1.29 is 0 Å². The van der Waals surface area contributed by atoms with Gasteiger partial charge in [0, 0.05) is 5.56 Å². The van der Waals surface area contributed by atoms with Gasteiger partial charge in [-0.2, -0.15) is 5.10 Å². The van der Waals surface area contributed by atoms with E-state index in [0.29, 0.717) is 17.4 Å². The third-order valence-electron chi connectivity index (χ3n) is 3.25. The number of aromatic nitrogens is 4. The molecule has 0 bridgehead atoms. The fraction of sp³-hybridized carbons (Fsp3) is 0.214. The highest BCUT2D eigenvalue weighted by Crippen LogP contribution is 2.29. The molecule has 5 nitrogen and oxygen atoms in total. The topological polar surface area (TPSA) is 80.5 Å².